The average molecular weight is 583 g/mol. The van der Waals surface area contributed by atoms with Crippen molar-refractivity contribution in [2.75, 3.05) is 0 Å². The predicted octanol–water partition coefficient (Wildman–Crippen LogP) is 5.91. The van der Waals surface area contributed by atoms with Gasteiger partial charge in [0.05, 0.1) is 22.8 Å². The van der Waals surface area contributed by atoms with Crippen LogP contribution < -0.4 is 4.16 Å². The van der Waals surface area contributed by atoms with Gasteiger partial charge in [-0.3, -0.25) is 19.9 Å². The van der Waals surface area contributed by atoms with Gasteiger partial charge in [-0.15, -0.1) is 0 Å². The molecule has 0 fully saturated rings. The van der Waals surface area contributed by atoms with Crippen LogP contribution in [0.5, 0.6) is 0 Å². The second kappa shape index (κ2) is 14.3. The molecule has 0 spiro atoms. The zero-order valence-corrected chi connectivity index (χ0v) is 22.5. The summed E-state index contributed by atoms with van der Waals surface area (Å²) >= 11 is 2.56. The van der Waals surface area contributed by atoms with E-state index in [9.17, 15) is 0 Å². The summed E-state index contributed by atoms with van der Waals surface area (Å²) in [4.78, 5) is 25.3. The summed E-state index contributed by atoms with van der Waals surface area (Å²) in [5, 5.41) is 0. The van der Waals surface area contributed by atoms with Crippen LogP contribution in [0.3, 0.4) is 0 Å². The Bertz CT molecular complexity index is 1320. The van der Waals surface area contributed by atoms with Crippen molar-refractivity contribution in [3.05, 3.63) is 140 Å². The van der Waals surface area contributed by atoms with Crippen molar-refractivity contribution < 1.29 is 18.3 Å². The van der Waals surface area contributed by atoms with Gasteiger partial charge in [-0.1, -0.05) is 24.3 Å². The van der Waals surface area contributed by atoms with Crippen LogP contribution in [-0.4, -0.2) is 29.9 Å². The maximum atomic E-state index is 4.28. The molecule has 0 bridgehead atoms. The van der Waals surface area contributed by atoms with Crippen molar-refractivity contribution in [1.29, 1.82) is 0 Å². The smallest absolute Gasteiger partial charge is 0.0886 e. The summed E-state index contributed by atoms with van der Waals surface area (Å²) in [5.41, 5.74) is 6.71. The summed E-state index contributed by atoms with van der Waals surface area (Å²) in [6.07, 6.45) is 10.7. The van der Waals surface area contributed by atoms with E-state index in [0.29, 0.717) is 0 Å². The van der Waals surface area contributed by atoms with Crippen molar-refractivity contribution in [2.24, 2.45) is 0 Å². The molecule has 0 amide bonds. The minimum atomic E-state index is 0.915. The Morgan fingerprint density at radius 1 is 0.395 bits per heavy atom. The topological polar surface area (TPSA) is 77.3 Å². The number of aryl methyl sites for hydroxylation is 1. The molecule has 0 aliphatic carbocycles. The fourth-order valence-corrected chi connectivity index (χ4v) is 3.64. The monoisotopic (exact) mass is 583 g/mol. The van der Waals surface area contributed by atoms with Gasteiger partial charge in [-0.05, 0) is 48.5 Å². The summed E-state index contributed by atoms with van der Waals surface area (Å²) in [5.74, 6) is 0. The number of nitrogens with zero attached hydrogens (tertiary/aromatic N) is 6. The summed E-state index contributed by atoms with van der Waals surface area (Å²) in [7, 11) is 0. The molecule has 0 radical (unpaired) electrons. The van der Waals surface area contributed by atoms with Gasteiger partial charge in [0, 0.05) is 24.8 Å². The zero-order chi connectivity index (χ0) is 26.4. The summed E-state index contributed by atoms with van der Waals surface area (Å²) < 4.78 is 1.14. The van der Waals surface area contributed by atoms with E-state index in [1.165, 1.54) is 5.56 Å². The van der Waals surface area contributed by atoms with Gasteiger partial charge in [0.2, 0.25) is 0 Å². The largest absolute Gasteiger partial charge is 0.255 e. The Balaban J connectivity index is 0.000000133. The van der Waals surface area contributed by atoms with E-state index in [-0.39, 0.29) is 0 Å². The Hall–Kier alpha value is -4.48. The molecule has 0 unspecified atom stereocenters. The first-order valence-electron chi connectivity index (χ1n) is 11.9. The van der Waals surface area contributed by atoms with E-state index in [2.05, 4.69) is 55.1 Å². The van der Waals surface area contributed by atoms with Gasteiger partial charge in [0.25, 0.3) is 0 Å². The Kier molecular flexibility index (Phi) is 10.0. The SMILES string of the molecule is Cc1ccnc(-c2c[c]([Ru])ccn2)c1.c1ccc(-c2ccccn2)nc1.c1ccc(-c2ccccn2)nc1. The third kappa shape index (κ3) is 8.29. The standard InChI is InChI=1S/C11H9N2.2C10H8N2.Ru/c1-9-5-7-13-11(8-9)10-4-2-3-6-12-10;2*1-3-7-11-9(5-1)10-6-2-4-8-12-10;/h3-8H,1H3;2*1-8H;. The van der Waals surface area contributed by atoms with Gasteiger partial charge < -0.3 is 0 Å². The number of rotatable bonds is 3. The van der Waals surface area contributed by atoms with Gasteiger partial charge in [0.1, 0.15) is 0 Å². The van der Waals surface area contributed by atoms with E-state index < -0.39 is 0 Å². The molecule has 0 saturated carbocycles. The molecule has 6 aromatic rings. The van der Waals surface area contributed by atoms with E-state index in [1.54, 1.807) is 31.0 Å². The third-order valence-electron chi connectivity index (χ3n) is 5.08. The second-order valence-corrected chi connectivity index (χ2v) is 8.93. The van der Waals surface area contributed by atoms with Crippen molar-refractivity contribution in [3.8, 4) is 34.2 Å². The molecular weight excluding hydrogens is 557 g/mol. The minimum Gasteiger partial charge on any atom is -0.255 e. The molecule has 0 aromatic carbocycles. The first-order valence-corrected chi connectivity index (χ1v) is 12.7. The molecule has 6 rings (SSSR count). The first kappa shape index (κ1) is 26.6. The molecule has 6 nitrogen and oxygen atoms in total. The molecule has 6 aromatic heterocycles. The second-order valence-electron chi connectivity index (χ2n) is 7.92. The molecule has 0 saturated heterocycles. The van der Waals surface area contributed by atoms with Crippen LogP contribution in [-0.2, 0) is 18.3 Å². The van der Waals surface area contributed by atoms with Gasteiger partial charge in [-0.25, -0.2) is 0 Å². The van der Waals surface area contributed by atoms with E-state index in [4.69, 9.17) is 0 Å². The van der Waals surface area contributed by atoms with Gasteiger partial charge >= 0.3 is 93.0 Å². The molecule has 0 atom stereocenters. The quantitative estimate of drug-likeness (QED) is 0.242. The van der Waals surface area contributed by atoms with Crippen LogP contribution in [0.25, 0.3) is 34.2 Å². The molecule has 0 aliphatic rings. The van der Waals surface area contributed by atoms with Crippen molar-refractivity contribution in [3.63, 3.8) is 0 Å². The fraction of sp³-hybridized carbons (Fsp3) is 0.0323. The average Bonchev–Trinajstić information content (AvgIpc) is 3.00. The van der Waals surface area contributed by atoms with E-state index in [1.807, 2.05) is 103 Å². The Morgan fingerprint density at radius 3 is 1.11 bits per heavy atom. The zero-order valence-electron chi connectivity index (χ0n) is 20.7. The third-order valence-corrected chi connectivity index (χ3v) is 5.62. The van der Waals surface area contributed by atoms with Crippen LogP contribution >= 0.6 is 0 Å². The molecule has 0 N–H and O–H groups in total. The van der Waals surface area contributed by atoms with Crippen LogP contribution in [0.4, 0.5) is 0 Å². The Morgan fingerprint density at radius 2 is 0.763 bits per heavy atom. The van der Waals surface area contributed by atoms with Gasteiger partial charge in [0.15, 0.2) is 0 Å². The maximum absolute atomic E-state index is 4.28. The van der Waals surface area contributed by atoms with Crippen molar-refractivity contribution in [1.82, 2.24) is 29.9 Å². The summed E-state index contributed by atoms with van der Waals surface area (Å²) in [6, 6.07) is 31.2. The number of hydrogen-bond donors (Lipinski definition) is 0. The van der Waals surface area contributed by atoms with Gasteiger partial charge in [-0.2, -0.15) is 0 Å². The molecule has 0 aliphatic heterocycles. The van der Waals surface area contributed by atoms with E-state index >= 15 is 0 Å². The Labute approximate surface area is 232 Å². The van der Waals surface area contributed by atoms with E-state index in [0.717, 1.165) is 38.3 Å². The maximum Gasteiger partial charge on any atom is 0.0886 e. The van der Waals surface area contributed by atoms with Crippen LogP contribution in [0, 0.1) is 6.92 Å². The summed E-state index contributed by atoms with van der Waals surface area (Å²) in [6.45, 7) is 2.05. The van der Waals surface area contributed by atoms with Crippen LogP contribution in [0.2, 0.25) is 0 Å². The minimum absolute atomic E-state index is 0.915. The molecule has 187 valence electrons. The number of pyridine rings is 6. The normalized spacial score (nSPS) is 9.84. The molecule has 6 heterocycles. The number of aromatic nitrogens is 6. The molecule has 7 heteroatoms. The van der Waals surface area contributed by atoms with Crippen LogP contribution in [0.15, 0.2) is 134 Å². The first-order chi connectivity index (χ1) is 18.7. The predicted molar refractivity (Wildman–Crippen MR) is 147 cm³/mol. The van der Waals surface area contributed by atoms with Crippen molar-refractivity contribution in [2.45, 2.75) is 6.92 Å². The fourth-order valence-electron chi connectivity index (χ4n) is 3.27. The molecule has 38 heavy (non-hydrogen) atoms. The van der Waals surface area contributed by atoms with Crippen molar-refractivity contribution >= 4 is 4.16 Å². The molecular formula is C31H25N6Ru. The van der Waals surface area contributed by atoms with Crippen LogP contribution in [0.1, 0.15) is 5.56 Å². The number of hydrogen-bond acceptors (Lipinski definition) is 6.